The van der Waals surface area contributed by atoms with E-state index in [0.717, 1.165) is 22.3 Å². The second-order valence-electron chi connectivity index (χ2n) is 9.70. The van der Waals surface area contributed by atoms with E-state index in [-0.39, 0.29) is 18.4 Å². The van der Waals surface area contributed by atoms with Gasteiger partial charge in [0.1, 0.15) is 12.6 Å². The fourth-order valence-corrected chi connectivity index (χ4v) is 5.07. The molecular weight excluding hydrogens is 448 g/mol. The average molecular weight is 481 g/mol. The Morgan fingerprint density at radius 3 is 2.09 bits per heavy atom. The lowest BCUT2D eigenvalue weighted by Gasteiger charge is -2.41. The summed E-state index contributed by atoms with van der Waals surface area (Å²) in [4.78, 5) is 38.6. The molecule has 8 nitrogen and oxygen atoms in total. The van der Waals surface area contributed by atoms with E-state index in [1.54, 1.807) is 0 Å². The maximum atomic E-state index is 13.0. The normalized spacial score (nSPS) is 17.4. The minimum atomic E-state index is -1.24. The van der Waals surface area contributed by atoms with Crippen LogP contribution in [0.25, 0.3) is 11.1 Å². The Kier molecular flexibility index (Phi) is 7.12. The molecule has 1 fully saturated rings. The number of amides is 2. The molecule has 2 aromatic carbocycles. The highest BCUT2D eigenvalue weighted by Gasteiger charge is 2.39. The third kappa shape index (κ3) is 5.17. The molecule has 35 heavy (non-hydrogen) atoms. The molecule has 0 spiro atoms. The lowest BCUT2D eigenvalue weighted by Crippen LogP contribution is -2.55. The zero-order chi connectivity index (χ0) is 25.2. The molecule has 4 rings (SSSR count). The minimum absolute atomic E-state index is 0.0496. The molecule has 2 amide bonds. The maximum absolute atomic E-state index is 13.0. The molecule has 1 atom stereocenters. The van der Waals surface area contributed by atoms with E-state index in [0.29, 0.717) is 25.9 Å². The summed E-state index contributed by atoms with van der Waals surface area (Å²) >= 11 is 0. The number of ether oxygens (including phenoxy) is 1. The number of fused-ring (bicyclic) bond motifs is 3. The zero-order valence-electron chi connectivity index (χ0n) is 20.1. The molecule has 0 saturated carbocycles. The Balaban J connectivity index is 1.40. The van der Waals surface area contributed by atoms with Crippen LogP contribution in [0.15, 0.2) is 48.5 Å². The predicted molar refractivity (Wildman–Crippen MR) is 130 cm³/mol. The predicted octanol–water partition coefficient (Wildman–Crippen LogP) is 3.38. The Hall–Kier alpha value is -3.39. The molecular formula is C27H32N2O6. The van der Waals surface area contributed by atoms with E-state index in [1.165, 1.54) is 4.90 Å². The van der Waals surface area contributed by atoms with Gasteiger partial charge in [0.15, 0.2) is 0 Å². The van der Waals surface area contributed by atoms with E-state index in [2.05, 4.69) is 5.32 Å². The number of aliphatic hydroxyl groups is 1. The molecule has 1 unspecified atom stereocenters. The standard InChI is InChI=1S/C27H32N2O6/c1-17(2)27(34)11-13-29(14-12-27)25(32)23(15-24(30)31)28-26(33)35-16-22-20-9-5-3-7-18(20)19-8-4-6-10-21(19)22/h3-10,17,22-23,34H,11-16H2,1-2H3,(H,28,33)(H,30,31). The van der Waals surface area contributed by atoms with E-state index < -0.39 is 36.0 Å². The summed E-state index contributed by atoms with van der Waals surface area (Å²) in [5.41, 5.74) is 3.47. The van der Waals surface area contributed by atoms with Crippen molar-refractivity contribution >= 4 is 18.0 Å². The lowest BCUT2D eigenvalue weighted by molar-refractivity contribution is -0.145. The van der Waals surface area contributed by atoms with Gasteiger partial charge in [0.2, 0.25) is 5.91 Å². The summed E-state index contributed by atoms with van der Waals surface area (Å²) in [5, 5.41) is 22.5. The van der Waals surface area contributed by atoms with Crippen molar-refractivity contribution in [3.8, 4) is 11.1 Å². The van der Waals surface area contributed by atoms with Gasteiger partial charge in [0, 0.05) is 19.0 Å². The number of carboxylic acids is 1. The summed E-state index contributed by atoms with van der Waals surface area (Å²) in [6.07, 6.45) is -0.571. The number of benzene rings is 2. The van der Waals surface area contributed by atoms with Gasteiger partial charge in [-0.05, 0) is 41.0 Å². The average Bonchev–Trinajstić information content (AvgIpc) is 3.16. The summed E-state index contributed by atoms with van der Waals surface area (Å²) < 4.78 is 5.50. The quantitative estimate of drug-likeness (QED) is 0.560. The summed E-state index contributed by atoms with van der Waals surface area (Å²) in [6.45, 7) is 4.54. The van der Waals surface area contributed by atoms with Gasteiger partial charge in [-0.15, -0.1) is 0 Å². The summed E-state index contributed by atoms with van der Waals surface area (Å²) in [7, 11) is 0. The Bertz CT molecular complexity index is 1060. The van der Waals surface area contributed by atoms with Gasteiger partial charge < -0.3 is 25.2 Å². The zero-order valence-corrected chi connectivity index (χ0v) is 20.1. The van der Waals surface area contributed by atoms with Crippen LogP contribution in [0.2, 0.25) is 0 Å². The van der Waals surface area contributed by atoms with Crippen LogP contribution in [0.3, 0.4) is 0 Å². The van der Waals surface area contributed by atoms with Gasteiger partial charge in [-0.2, -0.15) is 0 Å². The second kappa shape index (κ2) is 10.1. The Morgan fingerprint density at radius 1 is 1.03 bits per heavy atom. The highest BCUT2D eigenvalue weighted by Crippen LogP contribution is 2.44. The van der Waals surface area contributed by atoms with E-state index >= 15 is 0 Å². The molecule has 3 N–H and O–H groups in total. The third-order valence-electron chi connectivity index (χ3n) is 7.33. The van der Waals surface area contributed by atoms with Crippen LogP contribution >= 0.6 is 0 Å². The van der Waals surface area contributed by atoms with Crippen molar-refractivity contribution in [2.75, 3.05) is 19.7 Å². The maximum Gasteiger partial charge on any atom is 0.407 e. The SMILES string of the molecule is CC(C)C1(O)CCN(C(=O)C(CC(=O)O)NC(=O)OCC2c3ccccc3-c3ccccc32)CC1. The third-order valence-corrected chi connectivity index (χ3v) is 7.33. The number of carbonyl (C=O) groups excluding carboxylic acids is 2. The lowest BCUT2D eigenvalue weighted by atomic mass is 9.81. The van der Waals surface area contributed by atoms with Gasteiger partial charge in [0.25, 0.3) is 0 Å². The number of nitrogens with zero attached hydrogens (tertiary/aromatic N) is 1. The molecule has 8 heteroatoms. The van der Waals surface area contributed by atoms with Crippen molar-refractivity contribution in [3.05, 3.63) is 59.7 Å². The van der Waals surface area contributed by atoms with Crippen LogP contribution in [-0.4, -0.2) is 64.4 Å². The number of carbonyl (C=O) groups is 3. The number of alkyl carbamates (subject to hydrolysis) is 1. The van der Waals surface area contributed by atoms with Gasteiger partial charge in [-0.25, -0.2) is 4.79 Å². The monoisotopic (exact) mass is 480 g/mol. The molecule has 1 saturated heterocycles. The molecule has 0 bridgehead atoms. The molecule has 0 radical (unpaired) electrons. The number of hydrogen-bond acceptors (Lipinski definition) is 5. The number of piperidine rings is 1. The first-order valence-electron chi connectivity index (χ1n) is 12.0. The Labute approximate surface area is 204 Å². The molecule has 0 aromatic heterocycles. The van der Waals surface area contributed by atoms with Gasteiger partial charge >= 0.3 is 12.1 Å². The molecule has 2 aliphatic rings. The van der Waals surface area contributed by atoms with Gasteiger partial charge in [-0.3, -0.25) is 9.59 Å². The van der Waals surface area contributed by atoms with Gasteiger partial charge in [0.05, 0.1) is 12.0 Å². The van der Waals surface area contributed by atoms with Crippen molar-refractivity contribution < 1.29 is 29.3 Å². The fourth-order valence-electron chi connectivity index (χ4n) is 5.07. The van der Waals surface area contributed by atoms with Crippen LogP contribution in [0, 0.1) is 5.92 Å². The molecule has 186 valence electrons. The number of rotatable bonds is 7. The molecule has 1 aliphatic heterocycles. The highest BCUT2D eigenvalue weighted by atomic mass is 16.5. The number of nitrogens with one attached hydrogen (secondary N) is 1. The first-order valence-corrected chi connectivity index (χ1v) is 12.0. The largest absolute Gasteiger partial charge is 0.481 e. The minimum Gasteiger partial charge on any atom is -0.481 e. The highest BCUT2D eigenvalue weighted by molar-refractivity contribution is 5.89. The van der Waals surface area contributed by atoms with E-state index in [4.69, 9.17) is 4.74 Å². The van der Waals surface area contributed by atoms with Crippen molar-refractivity contribution in [1.82, 2.24) is 10.2 Å². The second-order valence-corrected chi connectivity index (χ2v) is 9.70. The van der Waals surface area contributed by atoms with Gasteiger partial charge in [-0.1, -0.05) is 62.4 Å². The smallest absolute Gasteiger partial charge is 0.407 e. The van der Waals surface area contributed by atoms with Crippen LogP contribution in [0.4, 0.5) is 4.79 Å². The molecule has 1 aliphatic carbocycles. The first kappa shape index (κ1) is 24.7. The van der Waals surface area contributed by atoms with E-state index in [9.17, 15) is 24.6 Å². The molecule has 2 aromatic rings. The summed E-state index contributed by atoms with van der Waals surface area (Å²) in [6, 6.07) is 14.7. The van der Waals surface area contributed by atoms with Crippen LogP contribution in [0.5, 0.6) is 0 Å². The number of aliphatic carboxylic acids is 1. The topological polar surface area (TPSA) is 116 Å². The Morgan fingerprint density at radius 2 is 1.57 bits per heavy atom. The first-order chi connectivity index (χ1) is 16.7. The summed E-state index contributed by atoms with van der Waals surface area (Å²) in [5.74, 6) is -1.77. The van der Waals surface area contributed by atoms with Crippen LogP contribution in [0.1, 0.15) is 50.2 Å². The number of carboxylic acid groups (broad SMARTS) is 1. The van der Waals surface area contributed by atoms with Crippen molar-refractivity contribution in [2.45, 2.75) is 50.7 Å². The molecule has 1 heterocycles. The van der Waals surface area contributed by atoms with Crippen LogP contribution < -0.4 is 5.32 Å². The van der Waals surface area contributed by atoms with Crippen molar-refractivity contribution in [1.29, 1.82) is 0 Å². The van der Waals surface area contributed by atoms with E-state index in [1.807, 2.05) is 62.4 Å². The van der Waals surface area contributed by atoms with Crippen molar-refractivity contribution in [3.63, 3.8) is 0 Å². The van der Waals surface area contributed by atoms with Crippen LogP contribution in [-0.2, 0) is 14.3 Å². The fraction of sp³-hybridized carbons (Fsp3) is 0.444. The number of hydrogen-bond donors (Lipinski definition) is 3. The van der Waals surface area contributed by atoms with Crippen molar-refractivity contribution in [2.24, 2.45) is 5.92 Å². The number of likely N-dealkylation sites (tertiary alicyclic amines) is 1.